The molecule has 16 heavy (non-hydrogen) atoms. The molecule has 0 saturated carbocycles. The molecule has 0 aliphatic carbocycles. The highest BCUT2D eigenvalue weighted by molar-refractivity contribution is 8.33. The number of hydrogen-bond donors (Lipinski definition) is 0. The Labute approximate surface area is 100 Å². The molecule has 1 aromatic heterocycles. The Bertz CT molecular complexity index is 320. The zero-order chi connectivity index (χ0) is 12.5. The Morgan fingerprint density at radius 2 is 1.44 bits per heavy atom. The summed E-state index contributed by atoms with van der Waals surface area (Å²) in [6.45, 7) is 13.5. The number of rotatable bonds is 4. The maximum Gasteiger partial charge on any atom is 0.141 e. The lowest BCUT2D eigenvalue weighted by atomic mass is 10.5. The van der Waals surface area contributed by atoms with Gasteiger partial charge in [0, 0.05) is 28.1 Å². The lowest BCUT2D eigenvalue weighted by Crippen LogP contribution is -2.33. The molecule has 0 bridgehead atoms. The van der Waals surface area contributed by atoms with Crippen LogP contribution >= 0.6 is 10.2 Å². The number of hydrogen-bond acceptors (Lipinski definition) is 0. The largest absolute Gasteiger partial charge is 0.314 e. The minimum absolute atomic E-state index is 0.126. The van der Waals surface area contributed by atoms with Crippen molar-refractivity contribution in [1.29, 1.82) is 0 Å². The second-order valence-corrected chi connectivity index (χ2v) is 9.76. The standard InChI is InChI=1S/C13H24FNS/c1-10(2)16(11(3)4,12(5)6)15-8-7-13(14)9-15/h7-12H,1-6H3. The average molecular weight is 245 g/mol. The van der Waals surface area contributed by atoms with Crippen LogP contribution in [-0.2, 0) is 0 Å². The molecule has 0 unspecified atom stereocenters. The predicted octanol–water partition coefficient (Wildman–Crippen LogP) is 4.42. The first-order valence-electron chi connectivity index (χ1n) is 5.97. The first-order chi connectivity index (χ1) is 7.33. The van der Waals surface area contributed by atoms with Gasteiger partial charge in [0.1, 0.15) is 5.82 Å². The van der Waals surface area contributed by atoms with Gasteiger partial charge in [-0.3, -0.25) is 0 Å². The van der Waals surface area contributed by atoms with E-state index in [0.29, 0.717) is 15.7 Å². The van der Waals surface area contributed by atoms with E-state index >= 15 is 0 Å². The van der Waals surface area contributed by atoms with Crippen molar-refractivity contribution >= 4 is 10.2 Å². The predicted molar refractivity (Wildman–Crippen MR) is 72.8 cm³/mol. The second kappa shape index (κ2) is 4.82. The molecule has 0 saturated heterocycles. The molecule has 0 N–H and O–H groups in total. The Morgan fingerprint density at radius 3 is 1.69 bits per heavy atom. The molecule has 0 radical (unpaired) electrons. The van der Waals surface area contributed by atoms with Gasteiger partial charge < -0.3 is 3.97 Å². The van der Waals surface area contributed by atoms with E-state index in [9.17, 15) is 4.39 Å². The summed E-state index contributed by atoms with van der Waals surface area (Å²) in [6, 6.07) is 1.56. The third-order valence-corrected chi connectivity index (χ3v) is 8.75. The molecule has 0 atom stereocenters. The van der Waals surface area contributed by atoms with E-state index in [1.54, 1.807) is 12.3 Å². The molecular weight excluding hydrogens is 221 g/mol. The maximum absolute atomic E-state index is 13.2. The van der Waals surface area contributed by atoms with E-state index in [1.165, 1.54) is 0 Å². The Balaban J connectivity index is 3.33. The van der Waals surface area contributed by atoms with Gasteiger partial charge in [-0.15, -0.1) is 0 Å². The van der Waals surface area contributed by atoms with Gasteiger partial charge in [-0.25, -0.2) is 4.39 Å². The fourth-order valence-corrected chi connectivity index (χ4v) is 8.19. The summed E-state index contributed by atoms with van der Waals surface area (Å²) in [7, 11) is -1.03. The van der Waals surface area contributed by atoms with Crippen molar-refractivity contribution in [2.45, 2.75) is 57.3 Å². The maximum atomic E-state index is 13.2. The van der Waals surface area contributed by atoms with Crippen LogP contribution in [0.1, 0.15) is 41.5 Å². The number of aromatic nitrogens is 1. The molecule has 0 aromatic carbocycles. The summed E-state index contributed by atoms with van der Waals surface area (Å²) in [4.78, 5) is 0. The molecule has 0 amide bonds. The molecule has 0 spiro atoms. The van der Waals surface area contributed by atoms with E-state index in [2.05, 4.69) is 45.5 Å². The summed E-state index contributed by atoms with van der Waals surface area (Å²) in [5.74, 6) is -0.126. The van der Waals surface area contributed by atoms with Gasteiger partial charge in [-0.05, 0) is 6.07 Å². The van der Waals surface area contributed by atoms with Crippen LogP contribution in [0.3, 0.4) is 0 Å². The summed E-state index contributed by atoms with van der Waals surface area (Å²) in [5.41, 5.74) is 0. The van der Waals surface area contributed by atoms with Crippen LogP contribution in [-0.4, -0.2) is 19.7 Å². The fourth-order valence-electron chi connectivity index (χ4n) is 2.91. The van der Waals surface area contributed by atoms with Gasteiger partial charge in [0.25, 0.3) is 0 Å². The van der Waals surface area contributed by atoms with E-state index in [0.717, 1.165) is 0 Å². The zero-order valence-electron chi connectivity index (χ0n) is 11.2. The van der Waals surface area contributed by atoms with Crippen molar-refractivity contribution in [2.24, 2.45) is 0 Å². The van der Waals surface area contributed by atoms with Crippen molar-refractivity contribution in [3.8, 4) is 0 Å². The number of nitrogens with zero attached hydrogens (tertiary/aromatic N) is 1. The fraction of sp³-hybridized carbons (Fsp3) is 0.692. The Hall–Kier alpha value is -0.440. The molecule has 0 aliphatic heterocycles. The monoisotopic (exact) mass is 245 g/mol. The molecule has 0 aliphatic rings. The third kappa shape index (κ3) is 2.02. The summed E-state index contributed by atoms with van der Waals surface area (Å²) >= 11 is 0. The van der Waals surface area contributed by atoms with Crippen LogP contribution in [0.15, 0.2) is 18.5 Å². The minimum atomic E-state index is -1.03. The molecule has 0 fully saturated rings. The highest BCUT2D eigenvalue weighted by Gasteiger charge is 2.36. The zero-order valence-corrected chi connectivity index (χ0v) is 12.0. The molecule has 3 heteroatoms. The molecule has 1 heterocycles. The first kappa shape index (κ1) is 13.6. The highest BCUT2D eigenvalue weighted by Crippen LogP contribution is 2.61. The quantitative estimate of drug-likeness (QED) is 0.740. The van der Waals surface area contributed by atoms with Crippen LogP contribution < -0.4 is 0 Å². The van der Waals surface area contributed by atoms with E-state index < -0.39 is 10.2 Å². The molecule has 1 nitrogen and oxygen atoms in total. The van der Waals surface area contributed by atoms with E-state index in [4.69, 9.17) is 0 Å². The van der Waals surface area contributed by atoms with Crippen LogP contribution in [0.4, 0.5) is 4.39 Å². The Kier molecular flexibility index (Phi) is 4.11. The van der Waals surface area contributed by atoms with Gasteiger partial charge in [0.15, 0.2) is 0 Å². The highest BCUT2D eigenvalue weighted by atomic mass is 32.3. The summed E-state index contributed by atoms with van der Waals surface area (Å²) in [6.07, 6.45) is 3.57. The van der Waals surface area contributed by atoms with Crippen LogP contribution in [0.5, 0.6) is 0 Å². The van der Waals surface area contributed by atoms with Crippen LogP contribution in [0, 0.1) is 5.82 Å². The third-order valence-electron chi connectivity index (χ3n) is 3.26. The lowest BCUT2D eigenvalue weighted by Gasteiger charge is -2.52. The van der Waals surface area contributed by atoms with E-state index in [-0.39, 0.29) is 5.82 Å². The topological polar surface area (TPSA) is 4.93 Å². The van der Waals surface area contributed by atoms with Crippen molar-refractivity contribution < 1.29 is 4.39 Å². The van der Waals surface area contributed by atoms with Crippen molar-refractivity contribution in [1.82, 2.24) is 3.97 Å². The van der Waals surface area contributed by atoms with E-state index in [1.807, 2.05) is 6.20 Å². The van der Waals surface area contributed by atoms with Crippen LogP contribution in [0.2, 0.25) is 0 Å². The number of halogens is 1. The van der Waals surface area contributed by atoms with Crippen LogP contribution in [0.25, 0.3) is 0 Å². The first-order valence-corrected chi connectivity index (χ1v) is 7.75. The van der Waals surface area contributed by atoms with Gasteiger partial charge in [0.05, 0.1) is 0 Å². The SMILES string of the molecule is CC(C)S(C(C)C)(C(C)C)n1ccc(F)c1. The summed E-state index contributed by atoms with van der Waals surface area (Å²) in [5, 5.41) is 1.66. The minimum Gasteiger partial charge on any atom is -0.314 e. The van der Waals surface area contributed by atoms with Crippen molar-refractivity contribution in [2.75, 3.05) is 0 Å². The smallest absolute Gasteiger partial charge is 0.141 e. The van der Waals surface area contributed by atoms with Gasteiger partial charge in [0.2, 0.25) is 0 Å². The average Bonchev–Trinajstić information content (AvgIpc) is 2.50. The summed E-state index contributed by atoms with van der Waals surface area (Å²) < 4.78 is 15.4. The molecule has 1 rings (SSSR count). The molecule has 1 aromatic rings. The normalized spacial score (nSPS) is 14.1. The lowest BCUT2D eigenvalue weighted by molar-refractivity contribution is 0.628. The van der Waals surface area contributed by atoms with Gasteiger partial charge >= 0.3 is 0 Å². The Morgan fingerprint density at radius 1 is 1.00 bits per heavy atom. The van der Waals surface area contributed by atoms with Gasteiger partial charge in [-0.1, -0.05) is 41.5 Å². The molecule has 94 valence electrons. The van der Waals surface area contributed by atoms with Crippen molar-refractivity contribution in [3.63, 3.8) is 0 Å². The second-order valence-electron chi connectivity index (χ2n) is 5.06. The van der Waals surface area contributed by atoms with Crippen molar-refractivity contribution in [3.05, 3.63) is 24.3 Å². The van der Waals surface area contributed by atoms with Gasteiger partial charge in [-0.2, -0.15) is 10.2 Å². The molecular formula is C13H24FNS.